The van der Waals surface area contributed by atoms with Crippen LogP contribution in [0.25, 0.3) is 0 Å². The minimum absolute atomic E-state index is 0. The smallest absolute Gasteiger partial charge is 0.224 e. The fourth-order valence-electron chi connectivity index (χ4n) is 2.63. The molecule has 0 aromatic heterocycles. The second kappa shape index (κ2) is 10.6. The van der Waals surface area contributed by atoms with Gasteiger partial charge in [-0.1, -0.05) is 6.07 Å². The van der Waals surface area contributed by atoms with Crippen molar-refractivity contribution >= 4 is 36.4 Å². The molecule has 0 spiro atoms. The predicted molar refractivity (Wildman–Crippen MR) is 99.0 cm³/mol. The number of carbonyl (C=O) groups is 1. The Morgan fingerprint density at radius 3 is 2.61 bits per heavy atom. The van der Waals surface area contributed by atoms with E-state index in [1.54, 1.807) is 7.11 Å². The van der Waals surface area contributed by atoms with E-state index in [2.05, 4.69) is 5.32 Å². The molecule has 1 aliphatic rings. The Morgan fingerprint density at radius 1 is 1.39 bits per heavy atom. The number of hydrogen-bond donors (Lipinski definition) is 2. The van der Waals surface area contributed by atoms with E-state index in [1.165, 1.54) is 0 Å². The van der Waals surface area contributed by atoms with Crippen LogP contribution >= 0.6 is 24.8 Å². The number of nitrogens with zero attached hydrogens (tertiary/aromatic N) is 1. The summed E-state index contributed by atoms with van der Waals surface area (Å²) in [6, 6.07) is 8.27. The van der Waals surface area contributed by atoms with E-state index >= 15 is 0 Å². The van der Waals surface area contributed by atoms with Gasteiger partial charge in [0.1, 0.15) is 5.75 Å². The third-order valence-corrected chi connectivity index (χ3v) is 3.78. The molecule has 1 amide bonds. The minimum Gasteiger partial charge on any atom is -0.497 e. The largest absolute Gasteiger partial charge is 0.497 e. The number of benzene rings is 1. The van der Waals surface area contributed by atoms with Gasteiger partial charge in [0.15, 0.2) is 0 Å². The quantitative estimate of drug-likeness (QED) is 0.843. The molecule has 3 N–H and O–H groups in total. The van der Waals surface area contributed by atoms with Crippen LogP contribution in [0.15, 0.2) is 24.3 Å². The Kier molecular flexibility index (Phi) is 10.0. The van der Waals surface area contributed by atoms with Crippen LogP contribution in [0.4, 0.5) is 5.69 Å². The van der Waals surface area contributed by atoms with Gasteiger partial charge in [-0.3, -0.25) is 4.79 Å². The lowest BCUT2D eigenvalue weighted by molar-refractivity contribution is -0.132. The second-order valence-corrected chi connectivity index (χ2v) is 5.71. The van der Waals surface area contributed by atoms with Crippen LogP contribution in [0.5, 0.6) is 5.75 Å². The highest BCUT2D eigenvalue weighted by Gasteiger charge is 2.23. The molecule has 1 aliphatic heterocycles. The zero-order valence-corrected chi connectivity index (χ0v) is 15.3. The van der Waals surface area contributed by atoms with Crippen LogP contribution < -0.4 is 15.8 Å². The van der Waals surface area contributed by atoms with Gasteiger partial charge in [-0.25, -0.2) is 0 Å². The normalized spacial score (nSPS) is 15.9. The number of piperidine rings is 1. The van der Waals surface area contributed by atoms with E-state index in [0.29, 0.717) is 12.5 Å². The number of carbonyl (C=O) groups excluding carboxylic acids is 1. The standard InChI is InChI=1S/C16H25N3O2.2ClH/c1-12(17)10-16(20)19-8-6-13(7-9-19)18-14-4-3-5-15(11-14)21-2;;/h3-5,11-13,18H,6-10,17H2,1-2H3;2*1H. The first-order valence-corrected chi connectivity index (χ1v) is 7.52. The molecule has 1 fully saturated rings. The predicted octanol–water partition coefficient (Wildman–Crippen LogP) is 2.68. The first kappa shape index (κ1) is 21.8. The van der Waals surface area contributed by atoms with Crippen molar-refractivity contribution in [3.8, 4) is 5.75 Å². The summed E-state index contributed by atoms with van der Waals surface area (Å²) >= 11 is 0. The number of hydrogen-bond acceptors (Lipinski definition) is 4. The van der Waals surface area contributed by atoms with Crippen molar-refractivity contribution in [2.24, 2.45) is 5.73 Å². The Balaban J connectivity index is 0.00000242. The number of amides is 1. The summed E-state index contributed by atoms with van der Waals surface area (Å²) in [5, 5.41) is 3.51. The maximum absolute atomic E-state index is 12.0. The SMILES string of the molecule is COc1cccc(NC2CCN(C(=O)CC(C)N)CC2)c1.Cl.Cl. The third-order valence-electron chi connectivity index (χ3n) is 3.78. The number of nitrogens with one attached hydrogen (secondary N) is 1. The zero-order valence-electron chi connectivity index (χ0n) is 13.7. The van der Waals surface area contributed by atoms with Crippen LogP contribution in [-0.4, -0.2) is 43.1 Å². The van der Waals surface area contributed by atoms with Crippen molar-refractivity contribution in [1.29, 1.82) is 0 Å². The molecule has 132 valence electrons. The van der Waals surface area contributed by atoms with Crippen molar-refractivity contribution in [3.63, 3.8) is 0 Å². The average molecular weight is 364 g/mol. The first-order valence-electron chi connectivity index (χ1n) is 7.52. The van der Waals surface area contributed by atoms with E-state index in [9.17, 15) is 4.79 Å². The molecule has 23 heavy (non-hydrogen) atoms. The van der Waals surface area contributed by atoms with Gasteiger partial charge in [0.2, 0.25) is 5.91 Å². The minimum atomic E-state index is -0.0647. The molecule has 1 aromatic carbocycles. The molecule has 0 radical (unpaired) electrons. The molecule has 0 bridgehead atoms. The monoisotopic (exact) mass is 363 g/mol. The van der Waals surface area contributed by atoms with Gasteiger partial charge >= 0.3 is 0 Å². The van der Waals surface area contributed by atoms with Gasteiger partial charge < -0.3 is 20.7 Å². The van der Waals surface area contributed by atoms with E-state index in [4.69, 9.17) is 10.5 Å². The fraction of sp³-hybridized carbons (Fsp3) is 0.562. The summed E-state index contributed by atoms with van der Waals surface area (Å²) in [6.45, 7) is 3.47. The van der Waals surface area contributed by atoms with Gasteiger partial charge in [0.25, 0.3) is 0 Å². The van der Waals surface area contributed by atoms with Crippen molar-refractivity contribution in [3.05, 3.63) is 24.3 Å². The number of nitrogens with two attached hydrogens (primary N) is 1. The highest BCUT2D eigenvalue weighted by Crippen LogP contribution is 2.21. The number of rotatable bonds is 5. The summed E-state index contributed by atoms with van der Waals surface area (Å²) < 4.78 is 5.22. The molecule has 1 saturated heterocycles. The van der Waals surface area contributed by atoms with Gasteiger partial charge in [0.05, 0.1) is 7.11 Å². The molecular weight excluding hydrogens is 337 g/mol. The van der Waals surface area contributed by atoms with Crippen LogP contribution in [-0.2, 0) is 4.79 Å². The van der Waals surface area contributed by atoms with Gasteiger partial charge in [-0.2, -0.15) is 0 Å². The molecule has 5 nitrogen and oxygen atoms in total. The summed E-state index contributed by atoms with van der Waals surface area (Å²) in [7, 11) is 1.67. The molecular formula is C16H27Cl2N3O2. The molecule has 1 unspecified atom stereocenters. The average Bonchev–Trinajstić information content (AvgIpc) is 2.47. The highest BCUT2D eigenvalue weighted by atomic mass is 35.5. The van der Waals surface area contributed by atoms with Crippen molar-refractivity contribution in [1.82, 2.24) is 4.90 Å². The molecule has 0 saturated carbocycles. The number of methoxy groups -OCH3 is 1. The first-order chi connectivity index (χ1) is 10.1. The molecule has 0 aliphatic carbocycles. The van der Waals surface area contributed by atoms with Crippen molar-refractivity contribution in [2.45, 2.75) is 38.3 Å². The second-order valence-electron chi connectivity index (χ2n) is 5.71. The third kappa shape index (κ3) is 6.85. The molecule has 1 atom stereocenters. The lowest BCUT2D eigenvalue weighted by Crippen LogP contribution is -2.43. The lowest BCUT2D eigenvalue weighted by Gasteiger charge is -2.33. The fourth-order valence-corrected chi connectivity index (χ4v) is 2.63. The number of halogens is 2. The number of ether oxygens (including phenoxy) is 1. The summed E-state index contributed by atoms with van der Waals surface area (Å²) in [6.07, 6.45) is 2.36. The maximum Gasteiger partial charge on any atom is 0.224 e. The maximum atomic E-state index is 12.0. The Hall–Kier alpha value is -1.17. The van der Waals surface area contributed by atoms with Gasteiger partial charge in [-0.05, 0) is 31.9 Å². The number of likely N-dealkylation sites (tertiary alicyclic amines) is 1. The van der Waals surface area contributed by atoms with Crippen LogP contribution in [0.1, 0.15) is 26.2 Å². The Bertz CT molecular complexity index is 478. The van der Waals surface area contributed by atoms with E-state index in [0.717, 1.165) is 37.4 Å². The summed E-state index contributed by atoms with van der Waals surface area (Å²) in [4.78, 5) is 13.9. The lowest BCUT2D eigenvalue weighted by atomic mass is 10.0. The molecule has 7 heteroatoms. The molecule has 1 heterocycles. The van der Waals surface area contributed by atoms with Gasteiger partial charge in [0, 0.05) is 43.3 Å². The van der Waals surface area contributed by atoms with Crippen molar-refractivity contribution in [2.75, 3.05) is 25.5 Å². The summed E-state index contributed by atoms with van der Waals surface area (Å²) in [5.74, 6) is 1.02. The van der Waals surface area contributed by atoms with Gasteiger partial charge in [-0.15, -0.1) is 24.8 Å². The van der Waals surface area contributed by atoms with Crippen molar-refractivity contribution < 1.29 is 9.53 Å². The van der Waals surface area contributed by atoms with Crippen LogP contribution in [0, 0.1) is 0 Å². The highest BCUT2D eigenvalue weighted by molar-refractivity contribution is 5.85. The zero-order chi connectivity index (χ0) is 15.2. The van der Waals surface area contributed by atoms with Crippen LogP contribution in [0.2, 0.25) is 0 Å². The van der Waals surface area contributed by atoms with E-state index in [1.807, 2.05) is 36.1 Å². The topological polar surface area (TPSA) is 67.6 Å². The number of anilines is 1. The summed E-state index contributed by atoms with van der Waals surface area (Å²) in [5.41, 5.74) is 6.75. The Morgan fingerprint density at radius 2 is 2.04 bits per heavy atom. The van der Waals surface area contributed by atoms with E-state index < -0.39 is 0 Å². The van der Waals surface area contributed by atoms with Crippen LogP contribution in [0.3, 0.4) is 0 Å². The molecule has 2 rings (SSSR count). The van der Waals surface area contributed by atoms with E-state index in [-0.39, 0.29) is 36.8 Å². The Labute approximate surface area is 150 Å². The molecule has 1 aromatic rings.